The normalized spacial score (nSPS) is 12.5. The van der Waals surface area contributed by atoms with E-state index in [9.17, 15) is 0 Å². The summed E-state index contributed by atoms with van der Waals surface area (Å²) in [7, 11) is 0. The standard InChI is InChI=1S/C15H18N2S/c1-3-4-5-10(2)11-6-7-13-12(8-11)9-14(18-13)15(16)17/h3,6-10H,1,4-5H2,2H3,(H3,16,17). The van der Waals surface area contributed by atoms with Gasteiger partial charge < -0.3 is 5.73 Å². The average molecular weight is 258 g/mol. The van der Waals surface area contributed by atoms with Gasteiger partial charge in [-0.2, -0.15) is 0 Å². The van der Waals surface area contributed by atoms with Crippen molar-refractivity contribution in [2.45, 2.75) is 25.7 Å². The lowest BCUT2D eigenvalue weighted by Gasteiger charge is -2.10. The summed E-state index contributed by atoms with van der Waals surface area (Å²) in [5.41, 5.74) is 6.87. The Labute approximate surface area is 112 Å². The van der Waals surface area contributed by atoms with E-state index in [0.717, 1.165) is 17.7 Å². The van der Waals surface area contributed by atoms with Crippen LogP contribution in [-0.2, 0) is 0 Å². The maximum atomic E-state index is 7.47. The number of allylic oxidation sites excluding steroid dienone is 1. The van der Waals surface area contributed by atoms with Crippen molar-refractivity contribution < 1.29 is 0 Å². The van der Waals surface area contributed by atoms with Crippen LogP contribution in [0.5, 0.6) is 0 Å². The molecule has 0 aliphatic heterocycles. The highest BCUT2D eigenvalue weighted by Crippen LogP contribution is 2.30. The van der Waals surface area contributed by atoms with Crippen LogP contribution in [0.1, 0.15) is 36.1 Å². The predicted molar refractivity (Wildman–Crippen MR) is 80.7 cm³/mol. The summed E-state index contributed by atoms with van der Waals surface area (Å²) in [6.07, 6.45) is 4.13. The number of benzene rings is 1. The number of amidine groups is 1. The van der Waals surface area contributed by atoms with Crippen molar-refractivity contribution in [1.29, 1.82) is 5.41 Å². The molecule has 0 saturated carbocycles. The molecule has 0 aliphatic carbocycles. The number of nitrogens with one attached hydrogen (secondary N) is 1. The van der Waals surface area contributed by atoms with Crippen LogP contribution in [0, 0.1) is 5.41 Å². The van der Waals surface area contributed by atoms with Crippen LogP contribution >= 0.6 is 11.3 Å². The molecule has 3 N–H and O–H groups in total. The summed E-state index contributed by atoms with van der Waals surface area (Å²) in [6.45, 7) is 6.00. The van der Waals surface area contributed by atoms with E-state index in [1.165, 1.54) is 15.6 Å². The molecule has 1 unspecified atom stereocenters. The van der Waals surface area contributed by atoms with Gasteiger partial charge >= 0.3 is 0 Å². The lowest BCUT2D eigenvalue weighted by atomic mass is 9.95. The molecule has 2 rings (SSSR count). The molecule has 0 amide bonds. The van der Waals surface area contributed by atoms with E-state index in [-0.39, 0.29) is 5.84 Å². The number of hydrogen-bond acceptors (Lipinski definition) is 2. The molecule has 94 valence electrons. The van der Waals surface area contributed by atoms with Gasteiger partial charge in [0, 0.05) is 4.70 Å². The molecule has 1 heterocycles. The highest BCUT2D eigenvalue weighted by Gasteiger charge is 2.08. The van der Waals surface area contributed by atoms with Gasteiger partial charge in [0.05, 0.1) is 4.88 Å². The summed E-state index contributed by atoms with van der Waals surface area (Å²) < 4.78 is 1.19. The van der Waals surface area contributed by atoms with Crippen molar-refractivity contribution in [3.05, 3.63) is 47.4 Å². The zero-order valence-electron chi connectivity index (χ0n) is 10.6. The molecular formula is C15H18N2S. The Morgan fingerprint density at radius 1 is 1.50 bits per heavy atom. The molecule has 3 heteroatoms. The molecule has 0 radical (unpaired) electrons. The number of thiophene rings is 1. The summed E-state index contributed by atoms with van der Waals surface area (Å²) in [5, 5.41) is 8.66. The first-order chi connectivity index (χ1) is 8.61. The van der Waals surface area contributed by atoms with Gasteiger partial charge in [-0.05, 0) is 41.8 Å². The van der Waals surface area contributed by atoms with Gasteiger partial charge in [0.25, 0.3) is 0 Å². The van der Waals surface area contributed by atoms with Gasteiger partial charge in [-0.15, -0.1) is 17.9 Å². The summed E-state index contributed by atoms with van der Waals surface area (Å²) in [4.78, 5) is 0.848. The molecular weight excluding hydrogens is 240 g/mol. The molecule has 2 nitrogen and oxygen atoms in total. The van der Waals surface area contributed by atoms with Crippen LogP contribution in [-0.4, -0.2) is 5.84 Å². The van der Waals surface area contributed by atoms with Gasteiger partial charge in [-0.1, -0.05) is 25.1 Å². The number of hydrogen-bond donors (Lipinski definition) is 2. The Hall–Kier alpha value is -1.61. The van der Waals surface area contributed by atoms with Gasteiger partial charge in [-0.3, -0.25) is 5.41 Å². The van der Waals surface area contributed by atoms with Crippen LogP contribution < -0.4 is 5.73 Å². The zero-order chi connectivity index (χ0) is 13.1. The van der Waals surface area contributed by atoms with Crippen molar-refractivity contribution in [3.63, 3.8) is 0 Å². The third-order valence-corrected chi connectivity index (χ3v) is 4.33. The molecule has 1 aromatic heterocycles. The summed E-state index contributed by atoms with van der Waals surface area (Å²) >= 11 is 1.58. The van der Waals surface area contributed by atoms with E-state index in [1.54, 1.807) is 11.3 Å². The van der Waals surface area contributed by atoms with E-state index < -0.39 is 0 Å². The van der Waals surface area contributed by atoms with Crippen molar-refractivity contribution in [2.24, 2.45) is 5.73 Å². The summed E-state index contributed by atoms with van der Waals surface area (Å²) in [5.74, 6) is 0.686. The highest BCUT2D eigenvalue weighted by molar-refractivity contribution is 7.20. The molecule has 2 aromatic rings. The van der Waals surface area contributed by atoms with Crippen LogP contribution in [0.3, 0.4) is 0 Å². The first kappa shape index (κ1) is 12.8. The van der Waals surface area contributed by atoms with Crippen molar-refractivity contribution >= 4 is 27.3 Å². The van der Waals surface area contributed by atoms with E-state index in [1.807, 2.05) is 12.1 Å². The number of nitrogens with two attached hydrogens (primary N) is 1. The Balaban J connectivity index is 2.31. The number of rotatable bonds is 5. The fraction of sp³-hybridized carbons (Fsp3) is 0.267. The zero-order valence-corrected chi connectivity index (χ0v) is 11.4. The van der Waals surface area contributed by atoms with E-state index in [4.69, 9.17) is 11.1 Å². The topological polar surface area (TPSA) is 49.9 Å². The molecule has 18 heavy (non-hydrogen) atoms. The number of nitrogen functional groups attached to an aromatic ring is 1. The van der Waals surface area contributed by atoms with Gasteiger partial charge in [0.15, 0.2) is 0 Å². The Bertz CT molecular complexity index is 583. The average Bonchev–Trinajstić information content (AvgIpc) is 2.78. The molecule has 0 fully saturated rings. The second-order valence-electron chi connectivity index (χ2n) is 4.59. The van der Waals surface area contributed by atoms with Crippen LogP contribution in [0.15, 0.2) is 36.9 Å². The summed E-state index contributed by atoms with van der Waals surface area (Å²) in [6, 6.07) is 8.53. The monoisotopic (exact) mass is 258 g/mol. The Morgan fingerprint density at radius 3 is 2.94 bits per heavy atom. The Morgan fingerprint density at radius 2 is 2.28 bits per heavy atom. The first-order valence-electron chi connectivity index (χ1n) is 6.10. The first-order valence-corrected chi connectivity index (χ1v) is 6.92. The minimum Gasteiger partial charge on any atom is -0.383 e. The van der Waals surface area contributed by atoms with E-state index in [0.29, 0.717) is 5.92 Å². The highest BCUT2D eigenvalue weighted by atomic mass is 32.1. The second-order valence-corrected chi connectivity index (χ2v) is 5.67. The molecule has 0 bridgehead atoms. The van der Waals surface area contributed by atoms with E-state index >= 15 is 0 Å². The van der Waals surface area contributed by atoms with E-state index in [2.05, 4.69) is 31.7 Å². The fourth-order valence-corrected chi connectivity index (χ4v) is 2.94. The van der Waals surface area contributed by atoms with Gasteiger partial charge in [0.1, 0.15) is 5.84 Å². The Kier molecular flexibility index (Phi) is 3.82. The van der Waals surface area contributed by atoms with Crippen molar-refractivity contribution in [2.75, 3.05) is 0 Å². The molecule has 1 aromatic carbocycles. The lowest BCUT2D eigenvalue weighted by molar-refractivity contribution is 0.692. The fourth-order valence-electron chi connectivity index (χ4n) is 2.04. The lowest BCUT2D eigenvalue weighted by Crippen LogP contribution is -2.08. The minimum absolute atomic E-state index is 0.150. The molecule has 0 saturated heterocycles. The third-order valence-electron chi connectivity index (χ3n) is 3.18. The molecule has 1 atom stereocenters. The van der Waals surface area contributed by atoms with Gasteiger partial charge in [0.2, 0.25) is 0 Å². The van der Waals surface area contributed by atoms with Crippen LogP contribution in [0.25, 0.3) is 10.1 Å². The minimum atomic E-state index is 0.150. The SMILES string of the molecule is C=CCCC(C)c1ccc2sc(C(=N)N)cc2c1. The quantitative estimate of drug-likeness (QED) is 0.470. The molecule has 0 aliphatic rings. The second kappa shape index (κ2) is 5.36. The van der Waals surface area contributed by atoms with Crippen LogP contribution in [0.2, 0.25) is 0 Å². The maximum Gasteiger partial charge on any atom is 0.133 e. The van der Waals surface area contributed by atoms with Crippen molar-refractivity contribution in [3.8, 4) is 0 Å². The smallest absolute Gasteiger partial charge is 0.133 e. The van der Waals surface area contributed by atoms with Crippen LogP contribution in [0.4, 0.5) is 0 Å². The largest absolute Gasteiger partial charge is 0.383 e. The predicted octanol–water partition coefficient (Wildman–Crippen LogP) is 4.26. The maximum absolute atomic E-state index is 7.47. The van der Waals surface area contributed by atoms with Crippen molar-refractivity contribution in [1.82, 2.24) is 0 Å². The van der Waals surface area contributed by atoms with Gasteiger partial charge in [-0.25, -0.2) is 0 Å². The third kappa shape index (κ3) is 2.62. The number of fused-ring (bicyclic) bond motifs is 1. The molecule has 0 spiro atoms.